The lowest BCUT2D eigenvalue weighted by Gasteiger charge is -2.30. The maximum Gasteiger partial charge on any atom is 0.220 e. The van der Waals surface area contributed by atoms with E-state index in [1.165, 1.54) is 19.3 Å². The van der Waals surface area contributed by atoms with E-state index in [0.29, 0.717) is 54.4 Å². The Morgan fingerprint density at radius 2 is 1.97 bits per heavy atom. The van der Waals surface area contributed by atoms with Gasteiger partial charge in [-0.2, -0.15) is 0 Å². The van der Waals surface area contributed by atoms with Crippen molar-refractivity contribution in [1.82, 2.24) is 10.6 Å². The summed E-state index contributed by atoms with van der Waals surface area (Å²) in [5, 5.41) is 6.38. The molecule has 1 saturated heterocycles. The second kappa shape index (κ2) is 8.13. The van der Waals surface area contributed by atoms with Gasteiger partial charge >= 0.3 is 0 Å². The van der Waals surface area contributed by atoms with Crippen LogP contribution in [0.25, 0.3) is 0 Å². The molecule has 1 aromatic rings. The minimum absolute atomic E-state index is 0.0642. The van der Waals surface area contributed by atoms with Crippen LogP contribution in [-0.2, 0) is 16.0 Å². The van der Waals surface area contributed by atoms with Crippen molar-refractivity contribution < 1.29 is 19.1 Å². The first kappa shape index (κ1) is 21.4. The Hall–Kier alpha value is -2.50. The van der Waals surface area contributed by atoms with Gasteiger partial charge in [0, 0.05) is 24.9 Å². The van der Waals surface area contributed by atoms with Gasteiger partial charge in [-0.05, 0) is 79.4 Å². The average molecular weight is 439 g/mol. The maximum atomic E-state index is 12.7. The molecule has 0 radical (unpaired) electrons. The predicted molar refractivity (Wildman–Crippen MR) is 121 cm³/mol. The molecule has 4 atom stereocenters. The Labute approximate surface area is 190 Å². The molecule has 2 saturated carbocycles. The summed E-state index contributed by atoms with van der Waals surface area (Å²) < 4.78 is 10.8. The summed E-state index contributed by atoms with van der Waals surface area (Å²) in [6.45, 7) is 0.779. The number of ether oxygens (including phenoxy) is 2. The molecule has 1 spiro atoms. The van der Waals surface area contributed by atoms with Crippen molar-refractivity contribution in [2.45, 2.75) is 56.9 Å². The zero-order chi connectivity index (χ0) is 22.3. The van der Waals surface area contributed by atoms with Crippen LogP contribution in [0.1, 0.15) is 50.5 Å². The highest BCUT2D eigenvalue weighted by molar-refractivity contribution is 5.80. The van der Waals surface area contributed by atoms with Gasteiger partial charge in [-0.25, -0.2) is 0 Å². The number of carbonyl (C=O) groups excluding carboxylic acids is 2. The fraction of sp³-hybridized carbons (Fsp3) is 0.615. The van der Waals surface area contributed by atoms with Crippen molar-refractivity contribution >= 4 is 11.8 Å². The lowest BCUT2D eigenvalue weighted by molar-refractivity contribution is -0.123. The van der Waals surface area contributed by atoms with Crippen LogP contribution in [0.5, 0.6) is 11.5 Å². The van der Waals surface area contributed by atoms with Gasteiger partial charge in [0.1, 0.15) is 0 Å². The molecule has 1 aliphatic heterocycles. The fourth-order valence-corrected chi connectivity index (χ4v) is 6.61. The second-order valence-corrected chi connectivity index (χ2v) is 10.2. The van der Waals surface area contributed by atoms with Crippen molar-refractivity contribution in [3.8, 4) is 11.5 Å². The monoisotopic (exact) mass is 438 g/mol. The first-order chi connectivity index (χ1) is 15.5. The first-order valence-electron chi connectivity index (χ1n) is 11.9. The molecule has 2 amide bonds. The van der Waals surface area contributed by atoms with Crippen LogP contribution in [0.2, 0.25) is 0 Å². The van der Waals surface area contributed by atoms with Crippen molar-refractivity contribution in [3.05, 3.63) is 35.9 Å². The van der Waals surface area contributed by atoms with Gasteiger partial charge in [0.05, 0.1) is 14.2 Å². The second-order valence-electron chi connectivity index (χ2n) is 10.2. The molecule has 0 unspecified atom stereocenters. The summed E-state index contributed by atoms with van der Waals surface area (Å²) in [7, 11) is 3.24. The Morgan fingerprint density at radius 1 is 1.16 bits per heavy atom. The van der Waals surface area contributed by atoms with E-state index in [-0.39, 0.29) is 17.4 Å². The number of hydrogen-bond donors (Lipinski definition) is 2. The number of amides is 2. The minimum atomic E-state index is -0.388. The Bertz CT molecular complexity index is 938. The van der Waals surface area contributed by atoms with Gasteiger partial charge in [-0.1, -0.05) is 18.2 Å². The van der Waals surface area contributed by atoms with E-state index in [0.717, 1.165) is 24.4 Å². The lowest BCUT2D eigenvalue weighted by Crippen LogP contribution is -2.44. The van der Waals surface area contributed by atoms with Crippen LogP contribution >= 0.6 is 0 Å². The zero-order valence-corrected chi connectivity index (χ0v) is 19.1. The molecule has 3 fully saturated rings. The Kier molecular flexibility index (Phi) is 5.42. The summed E-state index contributed by atoms with van der Waals surface area (Å²) in [5.74, 6) is 3.51. The molecule has 2 N–H and O–H groups in total. The van der Waals surface area contributed by atoms with Crippen LogP contribution < -0.4 is 20.1 Å². The molecule has 1 aromatic carbocycles. The number of benzene rings is 1. The van der Waals surface area contributed by atoms with Crippen molar-refractivity contribution in [2.24, 2.45) is 23.2 Å². The molecular weight excluding hydrogens is 404 g/mol. The third-order valence-electron chi connectivity index (χ3n) is 8.46. The average Bonchev–Trinajstić information content (AvgIpc) is 3.33. The molecular formula is C26H34N2O4. The van der Waals surface area contributed by atoms with Crippen LogP contribution in [0.3, 0.4) is 0 Å². The molecule has 172 valence electrons. The van der Waals surface area contributed by atoms with Gasteiger partial charge in [0.2, 0.25) is 11.8 Å². The summed E-state index contributed by atoms with van der Waals surface area (Å²) in [6.07, 6.45) is 11.8. The highest BCUT2D eigenvalue weighted by atomic mass is 16.5. The molecule has 4 aliphatic rings. The standard InChI is InChI=1S/C26H34N2O4/c1-31-21-6-3-17(13-22(21)32-2)15-25(10-8-24(30)28-25)9-7-23(29)27-16-18-14-19-4-5-20(18)26(19)11-12-26/h3-6,13,18-20H,7-12,14-16H2,1-2H3,(H,27,29)(H,28,30)/t18-,19+,20+,25-/m0/s1. The minimum Gasteiger partial charge on any atom is -0.493 e. The quantitative estimate of drug-likeness (QED) is 0.580. The summed E-state index contributed by atoms with van der Waals surface area (Å²) in [5.41, 5.74) is 1.24. The summed E-state index contributed by atoms with van der Waals surface area (Å²) >= 11 is 0. The highest BCUT2D eigenvalue weighted by Gasteiger charge is 2.62. The zero-order valence-electron chi connectivity index (χ0n) is 19.1. The maximum absolute atomic E-state index is 12.7. The van der Waals surface area contributed by atoms with Gasteiger partial charge in [0.15, 0.2) is 11.5 Å². The predicted octanol–water partition coefficient (Wildman–Crippen LogP) is 3.39. The van der Waals surface area contributed by atoms with Crippen LogP contribution in [0, 0.1) is 23.2 Å². The lowest BCUT2D eigenvalue weighted by atomic mass is 9.84. The number of methoxy groups -OCH3 is 2. The molecule has 2 bridgehead atoms. The topological polar surface area (TPSA) is 76.7 Å². The van der Waals surface area contributed by atoms with E-state index in [1.54, 1.807) is 14.2 Å². The third-order valence-corrected chi connectivity index (χ3v) is 8.46. The van der Waals surface area contributed by atoms with Gasteiger partial charge < -0.3 is 20.1 Å². The van der Waals surface area contributed by atoms with Gasteiger partial charge in [-0.3, -0.25) is 9.59 Å². The van der Waals surface area contributed by atoms with Crippen molar-refractivity contribution in [2.75, 3.05) is 20.8 Å². The molecule has 3 aliphatic carbocycles. The molecule has 0 aromatic heterocycles. The van der Waals surface area contributed by atoms with Crippen LogP contribution in [-0.4, -0.2) is 38.1 Å². The Morgan fingerprint density at radius 3 is 2.62 bits per heavy atom. The fourth-order valence-electron chi connectivity index (χ4n) is 6.61. The van der Waals surface area contributed by atoms with Crippen molar-refractivity contribution in [1.29, 1.82) is 0 Å². The first-order valence-corrected chi connectivity index (χ1v) is 11.9. The van der Waals surface area contributed by atoms with E-state index in [9.17, 15) is 9.59 Å². The third kappa shape index (κ3) is 3.78. The SMILES string of the molecule is COc1ccc(C[C@]2(CCC(=O)NC[C@@H]3C[C@H]4C=C[C@H]3C43CC3)CCC(=O)N2)cc1OC. The molecule has 1 heterocycles. The van der Waals surface area contributed by atoms with Gasteiger partial charge in [0.25, 0.3) is 0 Å². The summed E-state index contributed by atoms with van der Waals surface area (Å²) in [6, 6.07) is 5.85. The summed E-state index contributed by atoms with van der Waals surface area (Å²) in [4.78, 5) is 24.8. The number of allylic oxidation sites excluding steroid dienone is 2. The van der Waals surface area contributed by atoms with Crippen LogP contribution in [0.4, 0.5) is 0 Å². The van der Waals surface area contributed by atoms with Crippen molar-refractivity contribution in [3.63, 3.8) is 0 Å². The van der Waals surface area contributed by atoms with E-state index in [1.807, 2.05) is 18.2 Å². The van der Waals surface area contributed by atoms with Gasteiger partial charge in [-0.15, -0.1) is 0 Å². The highest BCUT2D eigenvalue weighted by Crippen LogP contribution is 2.69. The van der Waals surface area contributed by atoms with Crippen LogP contribution in [0.15, 0.2) is 30.4 Å². The molecule has 5 rings (SSSR count). The van der Waals surface area contributed by atoms with E-state index in [2.05, 4.69) is 22.8 Å². The normalized spacial score (nSPS) is 31.1. The number of rotatable bonds is 9. The van der Waals surface area contributed by atoms with E-state index >= 15 is 0 Å². The van der Waals surface area contributed by atoms with E-state index in [4.69, 9.17) is 9.47 Å². The number of carbonyl (C=O) groups is 2. The Balaban J connectivity index is 1.18. The largest absolute Gasteiger partial charge is 0.493 e. The molecule has 6 nitrogen and oxygen atoms in total. The van der Waals surface area contributed by atoms with E-state index < -0.39 is 0 Å². The molecule has 6 heteroatoms. The molecule has 32 heavy (non-hydrogen) atoms. The smallest absolute Gasteiger partial charge is 0.220 e. The number of hydrogen-bond acceptors (Lipinski definition) is 4. The number of nitrogens with one attached hydrogen (secondary N) is 2.